The lowest BCUT2D eigenvalue weighted by molar-refractivity contribution is 0.0981. The highest BCUT2D eigenvalue weighted by atomic mass is 32.2. The summed E-state index contributed by atoms with van der Waals surface area (Å²) in [4.78, 5) is 0. The maximum atomic E-state index is 10.6. The van der Waals surface area contributed by atoms with Gasteiger partial charge in [-0.25, -0.2) is 0 Å². The predicted octanol–water partition coefficient (Wildman–Crippen LogP) is 5.04. The molecular formula is C21H36O5S. The van der Waals surface area contributed by atoms with Crippen LogP contribution in [0.5, 0.6) is 5.75 Å². The molecule has 0 aliphatic rings. The molecule has 0 bridgehead atoms. The highest BCUT2D eigenvalue weighted by molar-refractivity contribution is 7.85. The van der Waals surface area contributed by atoms with Gasteiger partial charge in [0.25, 0.3) is 10.1 Å². The Hall–Kier alpha value is -1.11. The fraction of sp³-hybridized carbons (Fsp3) is 0.714. The molecule has 1 rings (SSSR count). The Labute approximate surface area is 165 Å². The molecule has 0 spiro atoms. The normalized spacial score (nSPS) is 11.6. The topological polar surface area (TPSA) is 72.8 Å². The summed E-state index contributed by atoms with van der Waals surface area (Å²) in [5, 5.41) is 0. The molecule has 1 aromatic carbocycles. The Kier molecular flexibility index (Phi) is 13.2. The number of rotatable bonds is 17. The first-order valence-electron chi connectivity index (χ1n) is 10.3. The van der Waals surface area contributed by atoms with E-state index >= 15 is 0 Å². The summed E-state index contributed by atoms with van der Waals surface area (Å²) in [6.07, 6.45) is 11.4. The summed E-state index contributed by atoms with van der Waals surface area (Å²) in [6, 6.07) is 8.26. The van der Waals surface area contributed by atoms with Crippen LogP contribution in [0.1, 0.15) is 70.3 Å². The molecule has 0 aromatic heterocycles. The molecule has 0 saturated carbocycles. The molecule has 5 nitrogen and oxygen atoms in total. The summed E-state index contributed by atoms with van der Waals surface area (Å²) in [6.45, 7) is 3.65. The summed E-state index contributed by atoms with van der Waals surface area (Å²) < 4.78 is 40.8. The van der Waals surface area contributed by atoms with Crippen LogP contribution in [0.2, 0.25) is 0 Å². The van der Waals surface area contributed by atoms with Crippen LogP contribution in [-0.4, -0.2) is 38.5 Å². The Morgan fingerprint density at radius 2 is 1.48 bits per heavy atom. The van der Waals surface area contributed by atoms with Gasteiger partial charge >= 0.3 is 0 Å². The lowest BCUT2D eigenvalue weighted by Gasteiger charge is -2.08. The van der Waals surface area contributed by atoms with Gasteiger partial charge in [-0.05, 0) is 43.4 Å². The molecule has 0 amide bonds. The molecule has 0 aliphatic heterocycles. The molecule has 27 heavy (non-hydrogen) atoms. The summed E-state index contributed by atoms with van der Waals surface area (Å²) in [5.41, 5.74) is 1.35. The van der Waals surface area contributed by atoms with Crippen molar-refractivity contribution < 1.29 is 22.4 Å². The molecule has 0 radical (unpaired) electrons. The van der Waals surface area contributed by atoms with Gasteiger partial charge in [-0.2, -0.15) is 8.42 Å². The summed E-state index contributed by atoms with van der Waals surface area (Å²) >= 11 is 0. The SMILES string of the molecule is CCCCCCCCCc1ccc(OCCOCCCCS(=O)(=O)O)cc1. The van der Waals surface area contributed by atoms with Crippen LogP contribution in [0.15, 0.2) is 24.3 Å². The predicted molar refractivity (Wildman–Crippen MR) is 110 cm³/mol. The van der Waals surface area contributed by atoms with E-state index in [-0.39, 0.29) is 5.75 Å². The Balaban J connectivity index is 2.01. The molecular weight excluding hydrogens is 364 g/mol. The summed E-state index contributed by atoms with van der Waals surface area (Å²) in [5.74, 6) is 0.631. The number of benzene rings is 1. The van der Waals surface area contributed by atoms with E-state index in [2.05, 4.69) is 19.1 Å². The fourth-order valence-electron chi connectivity index (χ4n) is 2.85. The molecule has 0 fully saturated rings. The van der Waals surface area contributed by atoms with Crippen molar-refractivity contribution in [1.29, 1.82) is 0 Å². The highest BCUT2D eigenvalue weighted by Crippen LogP contribution is 2.15. The van der Waals surface area contributed by atoms with Gasteiger partial charge in [-0.1, -0.05) is 57.6 Å². The second-order valence-electron chi connectivity index (χ2n) is 6.97. The quantitative estimate of drug-likeness (QED) is 0.293. The van der Waals surface area contributed by atoms with Gasteiger partial charge in [-0.3, -0.25) is 4.55 Å². The first-order chi connectivity index (χ1) is 13.0. The molecule has 0 aliphatic carbocycles. The van der Waals surface area contributed by atoms with Crippen LogP contribution in [-0.2, 0) is 21.3 Å². The van der Waals surface area contributed by atoms with Crippen molar-refractivity contribution >= 4 is 10.1 Å². The third-order valence-corrected chi connectivity index (χ3v) is 5.23. The molecule has 1 N–H and O–H groups in total. The Morgan fingerprint density at radius 1 is 0.815 bits per heavy atom. The van der Waals surface area contributed by atoms with Crippen molar-refractivity contribution in [3.05, 3.63) is 29.8 Å². The van der Waals surface area contributed by atoms with E-state index in [1.165, 1.54) is 50.5 Å². The second-order valence-corrected chi connectivity index (χ2v) is 8.54. The monoisotopic (exact) mass is 400 g/mol. The highest BCUT2D eigenvalue weighted by Gasteiger charge is 2.03. The first kappa shape index (κ1) is 23.9. The maximum Gasteiger partial charge on any atom is 0.264 e. The number of hydrogen-bond donors (Lipinski definition) is 1. The first-order valence-corrected chi connectivity index (χ1v) is 11.9. The van der Waals surface area contributed by atoms with Crippen molar-refractivity contribution in [3.8, 4) is 5.75 Å². The maximum absolute atomic E-state index is 10.6. The van der Waals surface area contributed by atoms with Crippen LogP contribution in [0.25, 0.3) is 0 Å². The minimum Gasteiger partial charge on any atom is -0.491 e. The standard InChI is InChI=1S/C21H36O5S/c1-2-3-4-5-6-7-8-11-20-12-14-21(15-13-20)26-18-17-25-16-9-10-19-27(22,23)24/h12-15H,2-11,16-19H2,1H3,(H,22,23,24). The van der Waals surface area contributed by atoms with Crippen LogP contribution >= 0.6 is 0 Å². The molecule has 0 heterocycles. The molecule has 0 unspecified atom stereocenters. The smallest absolute Gasteiger partial charge is 0.264 e. The number of ether oxygens (including phenoxy) is 2. The van der Waals surface area contributed by atoms with Gasteiger partial charge in [0.15, 0.2) is 0 Å². The van der Waals surface area contributed by atoms with E-state index in [0.29, 0.717) is 32.7 Å². The Bertz CT molecular complexity index is 569. The van der Waals surface area contributed by atoms with Crippen molar-refractivity contribution in [3.63, 3.8) is 0 Å². The molecule has 0 atom stereocenters. The van der Waals surface area contributed by atoms with Crippen molar-refractivity contribution in [1.82, 2.24) is 0 Å². The van der Waals surface area contributed by atoms with E-state index < -0.39 is 10.1 Å². The van der Waals surface area contributed by atoms with E-state index in [4.69, 9.17) is 14.0 Å². The van der Waals surface area contributed by atoms with Crippen molar-refractivity contribution in [2.75, 3.05) is 25.6 Å². The fourth-order valence-corrected chi connectivity index (χ4v) is 3.42. The zero-order valence-electron chi connectivity index (χ0n) is 16.7. The molecule has 0 saturated heterocycles. The van der Waals surface area contributed by atoms with Crippen LogP contribution < -0.4 is 4.74 Å². The van der Waals surface area contributed by atoms with Crippen LogP contribution in [0.3, 0.4) is 0 Å². The van der Waals surface area contributed by atoms with Gasteiger partial charge in [0, 0.05) is 6.61 Å². The van der Waals surface area contributed by atoms with Gasteiger partial charge < -0.3 is 9.47 Å². The van der Waals surface area contributed by atoms with Gasteiger partial charge in [-0.15, -0.1) is 0 Å². The Morgan fingerprint density at radius 3 is 2.15 bits per heavy atom. The third kappa shape index (κ3) is 14.6. The lowest BCUT2D eigenvalue weighted by Crippen LogP contribution is -2.09. The number of aryl methyl sites for hydroxylation is 1. The average molecular weight is 401 g/mol. The lowest BCUT2D eigenvalue weighted by atomic mass is 10.0. The number of hydrogen-bond acceptors (Lipinski definition) is 4. The third-order valence-electron chi connectivity index (χ3n) is 4.43. The second kappa shape index (κ2) is 14.9. The molecule has 1 aromatic rings. The van der Waals surface area contributed by atoms with Crippen LogP contribution in [0.4, 0.5) is 0 Å². The molecule has 6 heteroatoms. The minimum absolute atomic E-state index is 0.210. The van der Waals surface area contributed by atoms with Crippen LogP contribution in [0, 0.1) is 0 Å². The van der Waals surface area contributed by atoms with E-state index in [0.717, 1.165) is 12.2 Å². The van der Waals surface area contributed by atoms with Gasteiger partial charge in [0.05, 0.1) is 12.4 Å². The van der Waals surface area contributed by atoms with E-state index in [1.54, 1.807) is 0 Å². The zero-order chi connectivity index (χ0) is 19.8. The molecule has 156 valence electrons. The van der Waals surface area contributed by atoms with Gasteiger partial charge in [0.2, 0.25) is 0 Å². The number of unbranched alkanes of at least 4 members (excludes halogenated alkanes) is 7. The zero-order valence-corrected chi connectivity index (χ0v) is 17.5. The van der Waals surface area contributed by atoms with Crippen molar-refractivity contribution in [2.45, 2.75) is 71.1 Å². The largest absolute Gasteiger partial charge is 0.491 e. The van der Waals surface area contributed by atoms with Crippen molar-refractivity contribution in [2.24, 2.45) is 0 Å². The minimum atomic E-state index is -3.85. The van der Waals surface area contributed by atoms with E-state index in [9.17, 15) is 8.42 Å². The van der Waals surface area contributed by atoms with Gasteiger partial charge in [0.1, 0.15) is 12.4 Å². The average Bonchev–Trinajstić information content (AvgIpc) is 2.63. The summed E-state index contributed by atoms with van der Waals surface area (Å²) in [7, 11) is -3.85. The van der Waals surface area contributed by atoms with E-state index in [1.807, 2.05) is 12.1 Å².